The normalized spacial score (nSPS) is 10.6. The molecule has 0 fully saturated rings. The summed E-state index contributed by atoms with van der Waals surface area (Å²) in [7, 11) is 0. The fourth-order valence-corrected chi connectivity index (χ4v) is 2.98. The number of halogens is 1. The molecule has 106 valence electrons. The maximum Gasteiger partial charge on any atom is 0.183 e. The Morgan fingerprint density at radius 1 is 1.10 bits per heavy atom. The van der Waals surface area contributed by atoms with E-state index in [0.717, 1.165) is 27.8 Å². The van der Waals surface area contributed by atoms with Crippen molar-refractivity contribution >= 4 is 16.5 Å². The van der Waals surface area contributed by atoms with Crippen molar-refractivity contribution in [1.29, 1.82) is 0 Å². The first-order valence-corrected chi connectivity index (χ1v) is 7.55. The third-order valence-electron chi connectivity index (χ3n) is 3.18. The predicted octanol–water partition coefficient (Wildman–Crippen LogP) is 4.87. The Labute approximate surface area is 127 Å². The van der Waals surface area contributed by atoms with Crippen LogP contribution in [0, 0.1) is 12.7 Å². The maximum atomic E-state index is 13.3. The number of aromatic nitrogens is 1. The van der Waals surface area contributed by atoms with Crippen molar-refractivity contribution in [3.63, 3.8) is 0 Å². The standard InChI is InChI=1S/C17H15FN2S/c1-12-16(14-8-5-9-15(18)10-14)20-17(21-12)19-11-13-6-3-2-4-7-13/h2-10H,11H2,1H3,(H,19,20). The SMILES string of the molecule is Cc1sc(NCc2ccccc2)nc1-c1cccc(F)c1. The van der Waals surface area contributed by atoms with Crippen LogP contribution in [0.2, 0.25) is 0 Å². The van der Waals surface area contributed by atoms with E-state index < -0.39 is 0 Å². The van der Waals surface area contributed by atoms with Gasteiger partial charge in [-0.25, -0.2) is 9.37 Å². The van der Waals surface area contributed by atoms with E-state index in [9.17, 15) is 4.39 Å². The molecule has 4 heteroatoms. The van der Waals surface area contributed by atoms with Crippen LogP contribution in [0.1, 0.15) is 10.4 Å². The number of hydrogen-bond acceptors (Lipinski definition) is 3. The first kappa shape index (κ1) is 13.8. The Morgan fingerprint density at radius 3 is 2.67 bits per heavy atom. The number of hydrogen-bond donors (Lipinski definition) is 1. The van der Waals surface area contributed by atoms with Gasteiger partial charge in [-0.15, -0.1) is 11.3 Å². The Hall–Kier alpha value is -2.20. The van der Waals surface area contributed by atoms with E-state index in [1.165, 1.54) is 17.7 Å². The van der Waals surface area contributed by atoms with Crippen LogP contribution in [-0.2, 0) is 6.54 Å². The fourth-order valence-electron chi connectivity index (χ4n) is 2.15. The number of thiazole rings is 1. The third kappa shape index (κ3) is 3.28. The molecule has 0 spiro atoms. The molecule has 21 heavy (non-hydrogen) atoms. The third-order valence-corrected chi connectivity index (χ3v) is 4.11. The van der Waals surface area contributed by atoms with Gasteiger partial charge in [-0.05, 0) is 24.6 Å². The molecule has 2 aromatic carbocycles. The second-order valence-corrected chi connectivity index (χ2v) is 5.98. The van der Waals surface area contributed by atoms with Gasteiger partial charge in [-0.3, -0.25) is 0 Å². The van der Waals surface area contributed by atoms with Gasteiger partial charge < -0.3 is 5.32 Å². The summed E-state index contributed by atoms with van der Waals surface area (Å²) in [5, 5.41) is 4.18. The molecular formula is C17H15FN2S. The average Bonchev–Trinajstić information content (AvgIpc) is 2.87. The Balaban J connectivity index is 1.78. The van der Waals surface area contributed by atoms with Crippen molar-refractivity contribution in [2.24, 2.45) is 0 Å². The van der Waals surface area contributed by atoms with Gasteiger partial charge in [-0.2, -0.15) is 0 Å². The summed E-state index contributed by atoms with van der Waals surface area (Å²) in [5.74, 6) is -0.237. The molecule has 1 heterocycles. The van der Waals surface area contributed by atoms with Gasteiger partial charge in [0.05, 0.1) is 5.69 Å². The molecule has 3 rings (SSSR count). The molecule has 0 bridgehead atoms. The summed E-state index contributed by atoms with van der Waals surface area (Å²) in [6, 6.07) is 16.7. The molecule has 0 saturated carbocycles. The maximum absolute atomic E-state index is 13.3. The summed E-state index contributed by atoms with van der Waals surface area (Å²) in [4.78, 5) is 5.66. The van der Waals surface area contributed by atoms with Crippen LogP contribution >= 0.6 is 11.3 Å². The zero-order valence-corrected chi connectivity index (χ0v) is 12.5. The van der Waals surface area contributed by atoms with Crippen molar-refractivity contribution in [2.75, 3.05) is 5.32 Å². The van der Waals surface area contributed by atoms with Crippen LogP contribution in [0.15, 0.2) is 54.6 Å². The minimum absolute atomic E-state index is 0.237. The smallest absolute Gasteiger partial charge is 0.183 e. The Morgan fingerprint density at radius 2 is 1.90 bits per heavy atom. The van der Waals surface area contributed by atoms with Crippen LogP contribution in [0.5, 0.6) is 0 Å². The topological polar surface area (TPSA) is 24.9 Å². The van der Waals surface area contributed by atoms with Crippen LogP contribution in [0.4, 0.5) is 9.52 Å². The van der Waals surface area contributed by atoms with E-state index in [1.54, 1.807) is 17.4 Å². The first-order chi connectivity index (χ1) is 10.2. The van der Waals surface area contributed by atoms with E-state index in [2.05, 4.69) is 22.4 Å². The highest BCUT2D eigenvalue weighted by molar-refractivity contribution is 7.15. The van der Waals surface area contributed by atoms with Crippen LogP contribution in [0.3, 0.4) is 0 Å². The highest BCUT2D eigenvalue weighted by atomic mass is 32.1. The molecule has 1 aromatic heterocycles. The average molecular weight is 298 g/mol. The molecule has 0 saturated heterocycles. The molecule has 0 aliphatic rings. The van der Waals surface area contributed by atoms with Crippen molar-refractivity contribution in [2.45, 2.75) is 13.5 Å². The van der Waals surface area contributed by atoms with Crippen molar-refractivity contribution < 1.29 is 4.39 Å². The summed E-state index contributed by atoms with van der Waals surface area (Å²) in [5.41, 5.74) is 2.87. The van der Waals surface area contributed by atoms with Crippen molar-refractivity contribution in [1.82, 2.24) is 4.98 Å². The van der Waals surface area contributed by atoms with Gasteiger partial charge in [0.2, 0.25) is 0 Å². The minimum Gasteiger partial charge on any atom is -0.357 e. The van der Waals surface area contributed by atoms with E-state index in [-0.39, 0.29) is 5.82 Å². The summed E-state index contributed by atoms with van der Waals surface area (Å²) in [6.45, 7) is 2.74. The van der Waals surface area contributed by atoms with Crippen LogP contribution in [-0.4, -0.2) is 4.98 Å². The number of benzene rings is 2. The summed E-state index contributed by atoms with van der Waals surface area (Å²) < 4.78 is 13.3. The molecule has 0 aliphatic heterocycles. The number of rotatable bonds is 4. The van der Waals surface area contributed by atoms with E-state index in [4.69, 9.17) is 0 Å². The lowest BCUT2D eigenvalue weighted by atomic mass is 10.1. The zero-order chi connectivity index (χ0) is 14.7. The highest BCUT2D eigenvalue weighted by Gasteiger charge is 2.10. The molecule has 0 unspecified atom stereocenters. The molecule has 2 nitrogen and oxygen atoms in total. The van der Waals surface area contributed by atoms with Crippen LogP contribution < -0.4 is 5.32 Å². The molecule has 0 radical (unpaired) electrons. The summed E-state index contributed by atoms with van der Waals surface area (Å²) >= 11 is 1.59. The number of nitrogens with one attached hydrogen (secondary N) is 1. The van der Waals surface area contributed by atoms with E-state index >= 15 is 0 Å². The van der Waals surface area contributed by atoms with Gasteiger partial charge >= 0.3 is 0 Å². The lowest BCUT2D eigenvalue weighted by Crippen LogP contribution is -1.98. The molecule has 0 atom stereocenters. The molecule has 0 amide bonds. The minimum atomic E-state index is -0.237. The van der Waals surface area contributed by atoms with Gasteiger partial charge in [0.15, 0.2) is 5.13 Å². The second kappa shape index (κ2) is 6.06. The second-order valence-electron chi connectivity index (χ2n) is 4.77. The van der Waals surface area contributed by atoms with Crippen molar-refractivity contribution in [3.05, 3.63) is 70.9 Å². The summed E-state index contributed by atoms with van der Waals surface area (Å²) in [6.07, 6.45) is 0. The zero-order valence-electron chi connectivity index (χ0n) is 11.6. The van der Waals surface area contributed by atoms with Crippen molar-refractivity contribution in [3.8, 4) is 11.3 Å². The molecule has 3 aromatic rings. The van der Waals surface area contributed by atoms with Gasteiger partial charge in [0.1, 0.15) is 5.82 Å². The molecule has 0 aliphatic carbocycles. The predicted molar refractivity (Wildman–Crippen MR) is 86.0 cm³/mol. The molecular weight excluding hydrogens is 283 g/mol. The quantitative estimate of drug-likeness (QED) is 0.743. The van der Waals surface area contributed by atoms with E-state index in [0.29, 0.717) is 0 Å². The first-order valence-electron chi connectivity index (χ1n) is 6.73. The highest BCUT2D eigenvalue weighted by Crippen LogP contribution is 2.30. The Bertz CT molecular complexity index is 738. The van der Waals surface area contributed by atoms with E-state index in [1.807, 2.05) is 31.2 Å². The monoisotopic (exact) mass is 298 g/mol. The molecule has 1 N–H and O–H groups in total. The fraction of sp³-hybridized carbons (Fsp3) is 0.118. The van der Waals surface area contributed by atoms with Gasteiger partial charge in [0, 0.05) is 17.0 Å². The Kier molecular flexibility index (Phi) is 3.97. The largest absolute Gasteiger partial charge is 0.357 e. The number of anilines is 1. The van der Waals surface area contributed by atoms with Gasteiger partial charge in [-0.1, -0.05) is 42.5 Å². The van der Waals surface area contributed by atoms with Crippen LogP contribution in [0.25, 0.3) is 11.3 Å². The lowest BCUT2D eigenvalue weighted by Gasteiger charge is -2.02. The number of aryl methyl sites for hydroxylation is 1. The number of nitrogens with zero attached hydrogens (tertiary/aromatic N) is 1. The van der Waals surface area contributed by atoms with Gasteiger partial charge in [0.25, 0.3) is 0 Å². The lowest BCUT2D eigenvalue weighted by molar-refractivity contribution is 0.628.